The molecule has 0 heterocycles. The Hall–Kier alpha value is -3.02. The lowest BCUT2D eigenvalue weighted by molar-refractivity contribution is -0.140. The summed E-state index contributed by atoms with van der Waals surface area (Å²) in [6.07, 6.45) is 0. The molecule has 0 aliphatic carbocycles. The highest BCUT2D eigenvalue weighted by molar-refractivity contribution is 5.94. The number of phenols is 1. The van der Waals surface area contributed by atoms with E-state index in [0.29, 0.717) is 6.54 Å². The van der Waals surface area contributed by atoms with E-state index in [1.165, 1.54) is 19.2 Å². The Labute approximate surface area is 159 Å². The van der Waals surface area contributed by atoms with Crippen LogP contribution in [0.2, 0.25) is 0 Å². The van der Waals surface area contributed by atoms with E-state index in [1.54, 1.807) is 11.0 Å². The third-order valence-electron chi connectivity index (χ3n) is 4.06. The predicted molar refractivity (Wildman–Crippen MR) is 102 cm³/mol. The molecule has 0 aliphatic heterocycles. The van der Waals surface area contributed by atoms with E-state index in [0.717, 1.165) is 5.56 Å². The summed E-state index contributed by atoms with van der Waals surface area (Å²) in [5, 5.41) is 10.0. The second-order valence-electron chi connectivity index (χ2n) is 7.07. The van der Waals surface area contributed by atoms with Crippen molar-refractivity contribution >= 4 is 11.9 Å². The molecule has 0 radical (unpaired) electrons. The Morgan fingerprint density at radius 2 is 1.70 bits per heavy atom. The van der Waals surface area contributed by atoms with Crippen molar-refractivity contribution in [2.24, 2.45) is 0 Å². The minimum atomic E-state index is -0.784. The van der Waals surface area contributed by atoms with Gasteiger partial charge >= 0.3 is 5.97 Å². The van der Waals surface area contributed by atoms with E-state index in [4.69, 9.17) is 9.47 Å². The summed E-state index contributed by atoms with van der Waals surface area (Å²) in [5.74, 6) is -1.25. The number of carbonyl (C=O) groups is 2. The lowest BCUT2D eigenvalue weighted by Crippen LogP contribution is -2.46. The van der Waals surface area contributed by atoms with Crippen molar-refractivity contribution in [1.29, 1.82) is 0 Å². The quantitative estimate of drug-likeness (QED) is 0.788. The fourth-order valence-corrected chi connectivity index (χ4v) is 2.60. The molecule has 1 amide bonds. The molecule has 0 fully saturated rings. The molecule has 2 aromatic carbocycles. The molecule has 0 atom stereocenters. The average molecular weight is 371 g/mol. The van der Waals surface area contributed by atoms with Crippen molar-refractivity contribution in [3.05, 3.63) is 59.7 Å². The second kappa shape index (κ2) is 8.58. The van der Waals surface area contributed by atoms with E-state index in [-0.39, 0.29) is 23.0 Å². The van der Waals surface area contributed by atoms with Crippen LogP contribution in [0.25, 0.3) is 0 Å². The smallest absolute Gasteiger partial charge is 0.342 e. The topological polar surface area (TPSA) is 76.1 Å². The maximum Gasteiger partial charge on any atom is 0.342 e. The van der Waals surface area contributed by atoms with Gasteiger partial charge in [0.1, 0.15) is 5.56 Å². The number of hydrogen-bond donors (Lipinski definition) is 1. The number of esters is 1. The van der Waals surface area contributed by atoms with Crippen LogP contribution in [0.5, 0.6) is 11.5 Å². The first-order valence-electron chi connectivity index (χ1n) is 8.61. The summed E-state index contributed by atoms with van der Waals surface area (Å²) in [6.45, 7) is 5.75. The van der Waals surface area contributed by atoms with E-state index in [1.807, 2.05) is 51.1 Å². The molecule has 1 N–H and O–H groups in total. The first-order chi connectivity index (χ1) is 12.7. The van der Waals surface area contributed by atoms with Crippen LogP contribution in [-0.4, -0.2) is 41.1 Å². The Balaban J connectivity index is 2.08. The van der Waals surface area contributed by atoms with Gasteiger partial charge in [-0.25, -0.2) is 4.79 Å². The highest BCUT2D eigenvalue weighted by Gasteiger charge is 2.28. The fourth-order valence-electron chi connectivity index (χ4n) is 2.60. The number of methoxy groups -OCH3 is 1. The number of nitrogens with zero attached hydrogens (tertiary/aromatic N) is 1. The largest absolute Gasteiger partial charge is 0.504 e. The molecule has 6 heteroatoms. The van der Waals surface area contributed by atoms with Crippen molar-refractivity contribution in [2.45, 2.75) is 32.9 Å². The third-order valence-corrected chi connectivity index (χ3v) is 4.06. The molecule has 0 spiro atoms. The van der Waals surface area contributed by atoms with Crippen LogP contribution in [0.4, 0.5) is 0 Å². The molecule has 0 saturated carbocycles. The summed E-state index contributed by atoms with van der Waals surface area (Å²) in [4.78, 5) is 26.6. The number of carbonyl (C=O) groups excluding carboxylic acids is 2. The number of para-hydroxylation sites is 1. The van der Waals surface area contributed by atoms with Gasteiger partial charge in [-0.15, -0.1) is 0 Å². The van der Waals surface area contributed by atoms with Crippen LogP contribution in [-0.2, 0) is 16.1 Å². The number of hydrogen-bond acceptors (Lipinski definition) is 5. The van der Waals surface area contributed by atoms with Crippen molar-refractivity contribution in [3.63, 3.8) is 0 Å². The van der Waals surface area contributed by atoms with Gasteiger partial charge in [0.15, 0.2) is 18.1 Å². The first kappa shape index (κ1) is 20.3. The van der Waals surface area contributed by atoms with E-state index < -0.39 is 18.1 Å². The number of ether oxygens (including phenoxy) is 2. The Bertz CT molecular complexity index is 796. The van der Waals surface area contributed by atoms with Gasteiger partial charge in [0.05, 0.1) is 7.11 Å². The van der Waals surface area contributed by atoms with E-state index in [2.05, 4.69) is 0 Å². The molecule has 27 heavy (non-hydrogen) atoms. The Morgan fingerprint density at radius 3 is 2.30 bits per heavy atom. The Morgan fingerprint density at radius 1 is 1.04 bits per heavy atom. The number of aromatic hydroxyl groups is 1. The van der Waals surface area contributed by atoms with Crippen molar-refractivity contribution in [1.82, 2.24) is 4.90 Å². The number of benzene rings is 2. The van der Waals surface area contributed by atoms with E-state index >= 15 is 0 Å². The first-order valence-corrected chi connectivity index (χ1v) is 8.61. The predicted octanol–water partition coefficient (Wildman–Crippen LogP) is 3.38. The maximum absolute atomic E-state index is 12.7. The van der Waals surface area contributed by atoms with Crippen LogP contribution in [0.15, 0.2) is 48.5 Å². The normalized spacial score (nSPS) is 11.0. The SMILES string of the molecule is COc1cccc(C(=O)OCC(=O)N(Cc2ccccc2)C(C)(C)C)c1O. The van der Waals surface area contributed by atoms with Crippen LogP contribution in [0, 0.1) is 0 Å². The molecular formula is C21H25NO5. The molecular weight excluding hydrogens is 346 g/mol. The molecule has 0 saturated heterocycles. The molecule has 6 nitrogen and oxygen atoms in total. The van der Waals surface area contributed by atoms with Gasteiger partial charge in [-0.1, -0.05) is 36.4 Å². The zero-order valence-electron chi connectivity index (χ0n) is 16.1. The summed E-state index contributed by atoms with van der Waals surface area (Å²) >= 11 is 0. The third kappa shape index (κ3) is 5.23. The second-order valence-corrected chi connectivity index (χ2v) is 7.07. The van der Waals surface area contributed by atoms with Gasteiger partial charge in [0.2, 0.25) is 0 Å². The molecule has 2 aromatic rings. The number of phenolic OH excluding ortho intramolecular Hbond substituents is 1. The minimum absolute atomic E-state index is 0.0486. The highest BCUT2D eigenvalue weighted by atomic mass is 16.5. The van der Waals surface area contributed by atoms with Gasteiger partial charge in [-0.2, -0.15) is 0 Å². The Kier molecular flexibility index (Phi) is 6.45. The summed E-state index contributed by atoms with van der Waals surface area (Å²) in [6, 6.07) is 14.1. The molecule has 144 valence electrons. The average Bonchev–Trinajstić information content (AvgIpc) is 2.64. The molecule has 0 bridgehead atoms. The monoisotopic (exact) mass is 371 g/mol. The maximum atomic E-state index is 12.7. The lowest BCUT2D eigenvalue weighted by atomic mass is 10.0. The highest BCUT2D eigenvalue weighted by Crippen LogP contribution is 2.29. The van der Waals surface area contributed by atoms with E-state index in [9.17, 15) is 14.7 Å². The molecule has 0 unspecified atom stereocenters. The number of amides is 1. The van der Waals surface area contributed by atoms with Crippen molar-refractivity contribution in [3.8, 4) is 11.5 Å². The summed E-state index contributed by atoms with van der Waals surface area (Å²) in [7, 11) is 1.39. The lowest BCUT2D eigenvalue weighted by Gasteiger charge is -2.35. The summed E-state index contributed by atoms with van der Waals surface area (Å²) < 4.78 is 10.1. The fraction of sp³-hybridized carbons (Fsp3) is 0.333. The van der Waals surface area contributed by atoms with Crippen LogP contribution in [0.3, 0.4) is 0 Å². The molecule has 2 rings (SSSR count). The minimum Gasteiger partial charge on any atom is -0.504 e. The standard InChI is InChI=1S/C21H25NO5/c1-21(2,3)22(13-15-9-6-5-7-10-15)18(23)14-27-20(25)16-11-8-12-17(26-4)19(16)24/h5-12,24H,13-14H2,1-4H3. The van der Waals surface area contributed by atoms with Gasteiger partial charge < -0.3 is 19.5 Å². The van der Waals surface area contributed by atoms with Crippen LogP contribution >= 0.6 is 0 Å². The van der Waals surface area contributed by atoms with Gasteiger partial charge in [0, 0.05) is 12.1 Å². The van der Waals surface area contributed by atoms with Crippen LogP contribution < -0.4 is 4.74 Å². The summed E-state index contributed by atoms with van der Waals surface area (Å²) in [5.41, 5.74) is 0.488. The van der Waals surface area contributed by atoms with Crippen LogP contribution in [0.1, 0.15) is 36.7 Å². The molecule has 0 aromatic heterocycles. The zero-order chi connectivity index (χ0) is 20.0. The van der Waals surface area contributed by atoms with Gasteiger partial charge in [-0.05, 0) is 38.5 Å². The van der Waals surface area contributed by atoms with Gasteiger partial charge in [0.25, 0.3) is 5.91 Å². The van der Waals surface area contributed by atoms with Gasteiger partial charge in [-0.3, -0.25) is 4.79 Å². The van der Waals surface area contributed by atoms with Crippen molar-refractivity contribution in [2.75, 3.05) is 13.7 Å². The van der Waals surface area contributed by atoms with Crippen molar-refractivity contribution < 1.29 is 24.2 Å². The number of rotatable bonds is 6. The molecule has 0 aliphatic rings. The zero-order valence-corrected chi connectivity index (χ0v) is 16.1.